The minimum absolute atomic E-state index is 0.861. The molecule has 0 fully saturated rings. The van der Waals surface area contributed by atoms with Crippen LogP contribution in [0.15, 0.2) is 126 Å². The van der Waals surface area contributed by atoms with Crippen molar-refractivity contribution in [3.63, 3.8) is 0 Å². The first-order valence-electron chi connectivity index (χ1n) is 13.4. The van der Waals surface area contributed by atoms with Crippen LogP contribution in [0.25, 0.3) is 65.6 Å². The molecule has 0 bridgehead atoms. The maximum atomic E-state index is 6.74. The van der Waals surface area contributed by atoms with Crippen LogP contribution in [0.1, 0.15) is 11.1 Å². The van der Waals surface area contributed by atoms with Crippen molar-refractivity contribution >= 4 is 65.6 Å². The van der Waals surface area contributed by atoms with E-state index in [2.05, 4.69) is 138 Å². The predicted octanol–water partition coefficient (Wildman–Crippen LogP) is 8.26. The highest BCUT2D eigenvalue weighted by Crippen LogP contribution is 2.33. The van der Waals surface area contributed by atoms with Crippen LogP contribution in [0.5, 0.6) is 0 Å². The zero-order chi connectivity index (χ0) is 26.1. The van der Waals surface area contributed by atoms with Gasteiger partial charge in [0.2, 0.25) is 22.1 Å². The van der Waals surface area contributed by atoms with Gasteiger partial charge in [0, 0.05) is 40.1 Å². The number of hydrogen-bond acceptors (Lipinski definition) is 1. The largest absolute Gasteiger partial charge is 0.456 e. The first-order chi connectivity index (χ1) is 19.2. The van der Waals surface area contributed by atoms with Crippen molar-refractivity contribution in [2.75, 3.05) is 0 Å². The molecule has 0 spiro atoms. The lowest BCUT2D eigenvalue weighted by atomic mass is 10.0. The summed E-state index contributed by atoms with van der Waals surface area (Å²) in [6.45, 7) is 4.37. The summed E-state index contributed by atoms with van der Waals surface area (Å²) in [6, 6.07) is 38.9. The number of fused-ring (bicyclic) bond motifs is 13. The molecule has 0 saturated heterocycles. The molecule has 4 heterocycles. The van der Waals surface area contributed by atoms with E-state index < -0.39 is 0 Å². The van der Waals surface area contributed by atoms with Gasteiger partial charge >= 0.3 is 0 Å². The van der Waals surface area contributed by atoms with Crippen molar-refractivity contribution in [3.05, 3.63) is 133 Å². The van der Waals surface area contributed by atoms with E-state index in [-0.39, 0.29) is 0 Å². The van der Waals surface area contributed by atoms with Crippen molar-refractivity contribution < 1.29 is 13.2 Å². The average molecular weight is 503 g/mol. The Labute approximate surface area is 225 Å². The molecule has 0 aliphatic rings. The quantitative estimate of drug-likeness (QED) is 0.191. The molecule has 0 aliphatic carbocycles. The number of para-hydroxylation sites is 2. The number of aryl methyl sites for hydroxylation is 2. The summed E-state index contributed by atoms with van der Waals surface area (Å²) in [4.78, 5) is 0. The molecule has 0 atom stereocenters. The van der Waals surface area contributed by atoms with E-state index in [1.807, 2.05) is 6.07 Å². The Bertz CT molecular complexity index is 2360. The molecule has 0 unspecified atom stereocenters. The molecule has 3 heteroatoms. The zero-order valence-corrected chi connectivity index (χ0v) is 21.8. The van der Waals surface area contributed by atoms with Crippen molar-refractivity contribution in [2.45, 2.75) is 13.8 Å². The minimum Gasteiger partial charge on any atom is -0.456 e. The number of nitrogens with zero attached hydrogens (tertiary/aromatic N) is 2. The highest BCUT2D eigenvalue weighted by Gasteiger charge is 2.22. The van der Waals surface area contributed by atoms with Gasteiger partial charge in [-0.15, -0.1) is 0 Å². The first-order valence-corrected chi connectivity index (χ1v) is 13.4. The summed E-state index contributed by atoms with van der Waals surface area (Å²) >= 11 is 0. The van der Waals surface area contributed by atoms with Crippen LogP contribution < -0.4 is 8.80 Å². The number of benzene rings is 4. The van der Waals surface area contributed by atoms with E-state index in [0.29, 0.717) is 0 Å². The molecule has 0 N–H and O–H groups in total. The summed E-state index contributed by atoms with van der Waals surface area (Å²) in [5.74, 6) is 0. The molecular formula is C36H26N2O+2. The van der Waals surface area contributed by atoms with Crippen LogP contribution in [0.4, 0.5) is 0 Å². The van der Waals surface area contributed by atoms with Gasteiger partial charge in [0.25, 0.3) is 0 Å². The highest BCUT2D eigenvalue weighted by atomic mass is 16.3. The van der Waals surface area contributed by atoms with Crippen LogP contribution in [0.3, 0.4) is 0 Å². The Balaban J connectivity index is 1.78. The smallest absolute Gasteiger partial charge is 0.228 e. The lowest BCUT2D eigenvalue weighted by molar-refractivity contribution is -0.488. The van der Waals surface area contributed by atoms with Crippen molar-refractivity contribution in [3.8, 4) is 0 Å². The van der Waals surface area contributed by atoms with Crippen LogP contribution in [-0.2, 0) is 0 Å². The molecule has 0 saturated carbocycles. The van der Waals surface area contributed by atoms with Gasteiger partial charge in [0.05, 0.1) is 6.07 Å². The van der Waals surface area contributed by atoms with Crippen molar-refractivity contribution in [2.24, 2.45) is 0 Å². The minimum atomic E-state index is 0.861. The second-order valence-electron chi connectivity index (χ2n) is 10.4. The fourth-order valence-electron chi connectivity index (χ4n) is 6.31. The van der Waals surface area contributed by atoms with E-state index in [0.717, 1.165) is 38.4 Å². The van der Waals surface area contributed by atoms with Gasteiger partial charge in [-0.25, -0.2) is 0 Å². The van der Waals surface area contributed by atoms with Gasteiger partial charge < -0.3 is 4.42 Å². The van der Waals surface area contributed by atoms with Crippen molar-refractivity contribution in [1.82, 2.24) is 0 Å². The third-order valence-electron chi connectivity index (χ3n) is 7.92. The number of rotatable bonds is 0. The third-order valence-corrected chi connectivity index (χ3v) is 7.92. The second kappa shape index (κ2) is 8.24. The van der Waals surface area contributed by atoms with Gasteiger partial charge in [0.15, 0.2) is 12.4 Å². The molecule has 4 aromatic heterocycles. The maximum absolute atomic E-state index is 6.74. The summed E-state index contributed by atoms with van der Waals surface area (Å²) in [7, 11) is 0. The number of hydrogen-bond donors (Lipinski definition) is 0. The van der Waals surface area contributed by atoms with E-state index in [1.165, 1.54) is 38.3 Å². The maximum Gasteiger partial charge on any atom is 0.228 e. The normalized spacial score (nSPS) is 11.8. The Kier molecular flexibility index (Phi) is 4.65. The molecule has 4 aromatic carbocycles. The average Bonchev–Trinajstić information content (AvgIpc) is 3.10. The van der Waals surface area contributed by atoms with Gasteiger partial charge in [-0.3, -0.25) is 0 Å². The lowest BCUT2D eigenvalue weighted by Gasteiger charge is -2.05. The van der Waals surface area contributed by atoms with Crippen LogP contribution in [0.2, 0.25) is 0 Å². The third kappa shape index (κ3) is 3.23. The van der Waals surface area contributed by atoms with E-state index in [4.69, 9.17) is 4.42 Å². The molecule has 0 radical (unpaired) electrons. The summed E-state index contributed by atoms with van der Waals surface area (Å²) in [6.07, 6.45) is 4.42. The standard InChI is InChI=1S/C36H26N2O/c1-23-19-24(2)36-28-14-5-7-15-31(28)37-18-10-9-16-32(37)30-20-29-26-12-4-3-11-25(26)27-13-6-8-17-34(27)39-35(29)21-33(30)38(36)22-23/h3-22H,1-2H3/q+2. The monoisotopic (exact) mass is 502 g/mol. The summed E-state index contributed by atoms with van der Waals surface area (Å²) < 4.78 is 11.4. The van der Waals surface area contributed by atoms with Crippen LogP contribution in [-0.4, -0.2) is 0 Å². The van der Waals surface area contributed by atoms with Crippen molar-refractivity contribution in [1.29, 1.82) is 0 Å². The molecular weight excluding hydrogens is 476 g/mol. The second-order valence-corrected chi connectivity index (χ2v) is 10.4. The Morgan fingerprint density at radius 2 is 1.13 bits per heavy atom. The lowest BCUT2D eigenvalue weighted by Crippen LogP contribution is -2.28. The van der Waals surface area contributed by atoms with E-state index in [9.17, 15) is 0 Å². The van der Waals surface area contributed by atoms with E-state index in [1.54, 1.807) is 0 Å². The Hall–Kier alpha value is -5.02. The predicted molar refractivity (Wildman–Crippen MR) is 160 cm³/mol. The molecule has 39 heavy (non-hydrogen) atoms. The Morgan fingerprint density at radius 1 is 0.487 bits per heavy atom. The molecule has 0 aliphatic heterocycles. The molecule has 8 rings (SSSR count). The molecule has 3 nitrogen and oxygen atoms in total. The first kappa shape index (κ1) is 22.0. The molecule has 0 amide bonds. The van der Waals surface area contributed by atoms with E-state index >= 15 is 0 Å². The van der Waals surface area contributed by atoms with Gasteiger partial charge in [-0.1, -0.05) is 54.6 Å². The Morgan fingerprint density at radius 3 is 1.95 bits per heavy atom. The highest BCUT2D eigenvalue weighted by molar-refractivity contribution is 6.16. The molecule has 184 valence electrons. The molecule has 8 aromatic rings. The van der Waals surface area contributed by atoms with Crippen LogP contribution in [0, 0.1) is 13.8 Å². The fraction of sp³-hybridized carbons (Fsp3) is 0.0556. The van der Waals surface area contributed by atoms with Gasteiger partial charge in [-0.05, 0) is 55.0 Å². The summed E-state index contributed by atoms with van der Waals surface area (Å²) in [5, 5.41) is 6.92. The topological polar surface area (TPSA) is 21.3 Å². The van der Waals surface area contributed by atoms with Gasteiger partial charge in [-0.2, -0.15) is 8.80 Å². The fourth-order valence-corrected chi connectivity index (χ4v) is 6.31. The number of pyridine rings is 2. The summed E-state index contributed by atoms with van der Waals surface area (Å²) in [5.41, 5.74) is 8.78. The zero-order valence-electron chi connectivity index (χ0n) is 21.8. The van der Waals surface area contributed by atoms with Crippen LogP contribution >= 0.6 is 0 Å². The number of aromatic nitrogens is 2. The SMILES string of the molecule is Cc1cc(C)c2c3ccccc3[n+]3ccccc3c3cc4c(cc3[n+]2c1)oc1ccccc1c1ccccc41. The van der Waals surface area contributed by atoms with Gasteiger partial charge in [0.1, 0.15) is 21.9 Å².